The maximum Gasteiger partial charge on any atom is 0.153 e. The van der Waals surface area contributed by atoms with Gasteiger partial charge in [-0.15, -0.1) is 0 Å². The van der Waals surface area contributed by atoms with Crippen molar-refractivity contribution in [2.75, 3.05) is 0 Å². The van der Waals surface area contributed by atoms with Crippen LogP contribution >= 0.6 is 39.1 Å². The molecule has 4 nitrogen and oxygen atoms in total. The normalized spacial score (nSPS) is 11.7. The number of benzene rings is 1. The first-order valence-corrected chi connectivity index (χ1v) is 10.2. The maximum absolute atomic E-state index is 6.30. The smallest absolute Gasteiger partial charge is 0.153 e. The van der Waals surface area contributed by atoms with E-state index in [1.54, 1.807) is 12.4 Å². The lowest BCUT2D eigenvalue weighted by Crippen LogP contribution is -2.02. The Kier molecular flexibility index (Phi) is 4.38. The molecular weight excluding hydrogens is 459 g/mol. The highest BCUT2D eigenvalue weighted by Gasteiger charge is 2.24. The minimum atomic E-state index is -0.0208. The third kappa shape index (κ3) is 2.82. The molecule has 0 atom stereocenters. The number of aromatic amines is 2. The Bertz CT molecular complexity index is 1230. The monoisotopic (exact) mass is 470 g/mol. The van der Waals surface area contributed by atoms with E-state index in [1.807, 2.05) is 24.5 Å². The van der Waals surface area contributed by atoms with Gasteiger partial charge in [0.1, 0.15) is 0 Å². The van der Waals surface area contributed by atoms with Crippen molar-refractivity contribution < 1.29 is 0 Å². The van der Waals surface area contributed by atoms with Gasteiger partial charge < -0.3 is 9.97 Å². The molecule has 0 fully saturated rings. The number of aromatic nitrogens is 4. The van der Waals surface area contributed by atoms with Gasteiger partial charge in [-0.05, 0) is 41.0 Å². The SMILES string of the molecule is Clc1nccc2c(C(c3ccc(Br)cc3)c3c[nH]c4c(Cl)nccc34)c[nH]c12. The van der Waals surface area contributed by atoms with E-state index in [0.29, 0.717) is 10.3 Å². The van der Waals surface area contributed by atoms with Crippen LogP contribution in [0.15, 0.2) is 65.7 Å². The molecule has 0 saturated carbocycles. The Morgan fingerprint density at radius 2 is 1.25 bits per heavy atom. The molecule has 2 N–H and O–H groups in total. The van der Waals surface area contributed by atoms with Crippen molar-refractivity contribution >= 4 is 60.9 Å². The summed E-state index contributed by atoms with van der Waals surface area (Å²) >= 11 is 16.1. The predicted molar refractivity (Wildman–Crippen MR) is 117 cm³/mol. The van der Waals surface area contributed by atoms with Crippen LogP contribution in [0, 0.1) is 0 Å². The minimum absolute atomic E-state index is 0.0208. The number of hydrogen-bond acceptors (Lipinski definition) is 2. The lowest BCUT2D eigenvalue weighted by Gasteiger charge is -2.17. The Morgan fingerprint density at radius 1 is 0.750 bits per heavy atom. The molecule has 0 bridgehead atoms. The van der Waals surface area contributed by atoms with Crippen molar-refractivity contribution in [1.29, 1.82) is 0 Å². The summed E-state index contributed by atoms with van der Waals surface area (Å²) in [6, 6.07) is 12.3. The summed E-state index contributed by atoms with van der Waals surface area (Å²) < 4.78 is 1.03. The van der Waals surface area contributed by atoms with E-state index >= 15 is 0 Å². The average molecular weight is 472 g/mol. The van der Waals surface area contributed by atoms with E-state index < -0.39 is 0 Å². The highest BCUT2D eigenvalue weighted by atomic mass is 79.9. The first-order valence-electron chi connectivity index (χ1n) is 8.62. The molecule has 4 aromatic heterocycles. The molecule has 0 saturated heterocycles. The quantitative estimate of drug-likeness (QED) is 0.288. The van der Waals surface area contributed by atoms with E-state index in [9.17, 15) is 0 Å². The molecule has 138 valence electrons. The van der Waals surface area contributed by atoms with Gasteiger partial charge in [0.15, 0.2) is 10.3 Å². The van der Waals surface area contributed by atoms with Gasteiger partial charge in [0.2, 0.25) is 0 Å². The first kappa shape index (κ1) is 17.7. The van der Waals surface area contributed by atoms with Crippen LogP contribution in [0.4, 0.5) is 0 Å². The van der Waals surface area contributed by atoms with Gasteiger partial charge in [-0.3, -0.25) is 0 Å². The van der Waals surface area contributed by atoms with E-state index in [0.717, 1.165) is 43.0 Å². The molecule has 0 amide bonds. The van der Waals surface area contributed by atoms with Crippen molar-refractivity contribution in [2.45, 2.75) is 5.92 Å². The molecule has 0 radical (unpaired) electrons. The fourth-order valence-electron chi connectivity index (χ4n) is 3.74. The van der Waals surface area contributed by atoms with Crippen LogP contribution in [0.25, 0.3) is 21.8 Å². The van der Waals surface area contributed by atoms with Crippen molar-refractivity contribution in [3.8, 4) is 0 Å². The van der Waals surface area contributed by atoms with Crippen LogP contribution in [0.2, 0.25) is 10.3 Å². The largest absolute Gasteiger partial charge is 0.358 e. The molecule has 4 heterocycles. The zero-order valence-electron chi connectivity index (χ0n) is 14.4. The van der Waals surface area contributed by atoms with Crippen molar-refractivity contribution in [1.82, 2.24) is 19.9 Å². The second kappa shape index (κ2) is 6.92. The highest BCUT2D eigenvalue weighted by molar-refractivity contribution is 9.10. The summed E-state index contributed by atoms with van der Waals surface area (Å²) in [5, 5.41) is 3.01. The summed E-state index contributed by atoms with van der Waals surface area (Å²) in [5.41, 5.74) is 5.07. The third-order valence-corrected chi connectivity index (χ3v) is 6.10. The van der Waals surface area contributed by atoms with Crippen molar-refractivity contribution in [3.63, 3.8) is 0 Å². The van der Waals surface area contributed by atoms with Crippen LogP contribution < -0.4 is 0 Å². The second-order valence-electron chi connectivity index (χ2n) is 6.52. The van der Waals surface area contributed by atoms with Crippen molar-refractivity contribution in [2.24, 2.45) is 0 Å². The van der Waals surface area contributed by atoms with Gasteiger partial charge >= 0.3 is 0 Å². The van der Waals surface area contributed by atoms with Gasteiger partial charge in [0, 0.05) is 46.0 Å². The molecule has 0 aliphatic rings. The van der Waals surface area contributed by atoms with Crippen LogP contribution in [0.5, 0.6) is 0 Å². The summed E-state index contributed by atoms with van der Waals surface area (Å²) in [7, 11) is 0. The summed E-state index contributed by atoms with van der Waals surface area (Å²) in [6.07, 6.45) is 7.48. The van der Waals surface area contributed by atoms with Gasteiger partial charge in [-0.25, -0.2) is 9.97 Å². The zero-order valence-corrected chi connectivity index (χ0v) is 17.5. The molecule has 1 aromatic carbocycles. The van der Waals surface area contributed by atoms with Crippen LogP contribution in [0.1, 0.15) is 22.6 Å². The molecule has 0 aliphatic heterocycles. The van der Waals surface area contributed by atoms with Gasteiger partial charge in [-0.2, -0.15) is 0 Å². The van der Waals surface area contributed by atoms with E-state index in [2.05, 4.69) is 60.1 Å². The number of H-pyrrole nitrogens is 2. The fourth-order valence-corrected chi connectivity index (χ4v) is 4.43. The standard InChI is InChI=1S/C21H13BrCl2N4/c22-12-3-1-11(2-4-12)17(15-9-27-18-13(15)5-7-25-20(18)23)16-10-28-19-14(16)6-8-26-21(19)24/h1-10,17,27-28H. The molecular formula is C21H13BrCl2N4. The zero-order chi connectivity index (χ0) is 19.3. The summed E-state index contributed by atoms with van der Waals surface area (Å²) in [6.45, 7) is 0. The first-order chi connectivity index (χ1) is 13.6. The van der Waals surface area contributed by atoms with Gasteiger partial charge in [0.25, 0.3) is 0 Å². The number of pyridine rings is 2. The van der Waals surface area contributed by atoms with Gasteiger partial charge in [-0.1, -0.05) is 51.3 Å². The number of nitrogens with one attached hydrogen (secondary N) is 2. The Labute approximate surface area is 179 Å². The third-order valence-electron chi connectivity index (χ3n) is 5.00. The van der Waals surface area contributed by atoms with Gasteiger partial charge in [0.05, 0.1) is 11.0 Å². The number of rotatable bonds is 3. The Balaban J connectivity index is 1.81. The number of halogens is 3. The Morgan fingerprint density at radius 3 is 1.75 bits per heavy atom. The lowest BCUT2D eigenvalue weighted by molar-refractivity contribution is 0.997. The number of fused-ring (bicyclic) bond motifs is 2. The molecule has 0 spiro atoms. The summed E-state index contributed by atoms with van der Waals surface area (Å²) in [5.74, 6) is -0.0208. The van der Waals surface area contributed by atoms with E-state index in [1.165, 1.54) is 0 Å². The van der Waals surface area contributed by atoms with Crippen LogP contribution in [0.3, 0.4) is 0 Å². The highest BCUT2D eigenvalue weighted by Crippen LogP contribution is 2.41. The minimum Gasteiger partial charge on any atom is -0.358 e. The van der Waals surface area contributed by atoms with Crippen molar-refractivity contribution in [3.05, 3.63) is 92.7 Å². The maximum atomic E-state index is 6.30. The number of hydrogen-bond donors (Lipinski definition) is 2. The Hall–Kier alpha value is -2.34. The fraction of sp³-hybridized carbons (Fsp3) is 0.0476. The summed E-state index contributed by atoms with van der Waals surface area (Å²) in [4.78, 5) is 14.9. The van der Waals surface area contributed by atoms with E-state index in [4.69, 9.17) is 23.2 Å². The molecule has 7 heteroatoms. The molecule has 28 heavy (non-hydrogen) atoms. The molecule has 5 rings (SSSR count). The van der Waals surface area contributed by atoms with Crippen LogP contribution in [-0.2, 0) is 0 Å². The molecule has 0 unspecified atom stereocenters. The number of nitrogens with zero attached hydrogens (tertiary/aromatic N) is 2. The lowest BCUT2D eigenvalue weighted by atomic mass is 9.85. The topological polar surface area (TPSA) is 57.4 Å². The molecule has 0 aliphatic carbocycles. The average Bonchev–Trinajstić information content (AvgIpc) is 3.31. The van der Waals surface area contributed by atoms with Crippen LogP contribution in [-0.4, -0.2) is 19.9 Å². The predicted octanol–water partition coefficient (Wildman–Crippen LogP) is 6.69. The van der Waals surface area contributed by atoms with E-state index in [-0.39, 0.29) is 5.92 Å². The molecule has 5 aromatic rings. The second-order valence-corrected chi connectivity index (χ2v) is 8.15.